The number of carboxylic acid groups (broad SMARTS) is 1. The number of thioether (sulfide) groups is 1. The van der Waals surface area contributed by atoms with E-state index >= 15 is 0 Å². The van der Waals surface area contributed by atoms with Gasteiger partial charge in [0.2, 0.25) is 6.39 Å². The van der Waals surface area contributed by atoms with Crippen molar-refractivity contribution in [2.45, 2.75) is 10.6 Å². The van der Waals surface area contributed by atoms with Crippen molar-refractivity contribution in [3.63, 3.8) is 0 Å². The predicted octanol–water partition coefficient (Wildman–Crippen LogP) is 1.46. The van der Waals surface area contributed by atoms with Gasteiger partial charge in [-0.15, -0.1) is 11.8 Å². The molecule has 0 saturated carbocycles. The van der Waals surface area contributed by atoms with Crippen molar-refractivity contribution in [2.75, 3.05) is 0 Å². The molecule has 2 aromatic heterocycles. The molecule has 7 heteroatoms. The number of rotatable bonds is 4. The lowest BCUT2D eigenvalue weighted by molar-refractivity contribution is 0.0690. The SMILES string of the molecule is O=C(O)c1cc(SCc2ncon2)ccn1. The number of hydrogen-bond donors (Lipinski definition) is 1. The fourth-order valence-electron chi connectivity index (χ4n) is 1.02. The predicted molar refractivity (Wildman–Crippen MR) is 55.1 cm³/mol. The summed E-state index contributed by atoms with van der Waals surface area (Å²) in [5, 5.41) is 12.4. The molecule has 2 heterocycles. The Kier molecular flexibility index (Phi) is 3.16. The topological polar surface area (TPSA) is 89.1 Å². The number of carboxylic acids is 1. The van der Waals surface area contributed by atoms with Gasteiger partial charge in [-0.2, -0.15) is 4.98 Å². The Balaban J connectivity index is 2.04. The first-order valence-electron chi connectivity index (χ1n) is 4.33. The summed E-state index contributed by atoms with van der Waals surface area (Å²) in [6.45, 7) is 0. The zero-order chi connectivity index (χ0) is 11.4. The Bertz CT molecular complexity index is 487. The maximum absolute atomic E-state index is 10.7. The Morgan fingerprint density at radius 1 is 1.50 bits per heavy atom. The number of aromatic carboxylic acids is 1. The molecule has 2 aromatic rings. The summed E-state index contributed by atoms with van der Waals surface area (Å²) < 4.78 is 4.58. The van der Waals surface area contributed by atoms with Crippen LogP contribution in [0.5, 0.6) is 0 Å². The maximum atomic E-state index is 10.7. The second-order valence-electron chi connectivity index (χ2n) is 2.82. The van der Waals surface area contributed by atoms with E-state index in [9.17, 15) is 4.79 Å². The van der Waals surface area contributed by atoms with Crippen LogP contribution in [-0.4, -0.2) is 26.2 Å². The van der Waals surface area contributed by atoms with Gasteiger partial charge in [0.1, 0.15) is 5.69 Å². The zero-order valence-electron chi connectivity index (χ0n) is 8.03. The van der Waals surface area contributed by atoms with E-state index in [0.29, 0.717) is 11.6 Å². The smallest absolute Gasteiger partial charge is 0.354 e. The van der Waals surface area contributed by atoms with E-state index in [0.717, 1.165) is 4.90 Å². The highest BCUT2D eigenvalue weighted by atomic mass is 32.2. The summed E-state index contributed by atoms with van der Waals surface area (Å²) in [5.74, 6) is 0.0558. The zero-order valence-corrected chi connectivity index (χ0v) is 8.85. The van der Waals surface area contributed by atoms with Gasteiger partial charge in [-0.3, -0.25) is 0 Å². The standard InChI is InChI=1S/C9H7N3O3S/c13-9(14)7-3-6(1-2-10-7)16-4-8-11-5-15-12-8/h1-3,5H,4H2,(H,13,14). The largest absolute Gasteiger partial charge is 0.477 e. The van der Waals surface area contributed by atoms with Crippen LogP contribution in [0.4, 0.5) is 0 Å². The molecule has 0 spiro atoms. The quantitative estimate of drug-likeness (QED) is 0.805. The fraction of sp³-hybridized carbons (Fsp3) is 0.111. The average Bonchev–Trinajstić information content (AvgIpc) is 2.79. The van der Waals surface area contributed by atoms with E-state index in [1.165, 1.54) is 30.4 Å². The van der Waals surface area contributed by atoms with Crippen molar-refractivity contribution < 1.29 is 14.4 Å². The van der Waals surface area contributed by atoms with E-state index in [1.807, 2.05) is 0 Å². The van der Waals surface area contributed by atoms with Gasteiger partial charge in [-0.25, -0.2) is 9.78 Å². The molecule has 0 atom stereocenters. The summed E-state index contributed by atoms with van der Waals surface area (Å²) in [4.78, 5) is 19.1. The van der Waals surface area contributed by atoms with Crippen LogP contribution in [0.25, 0.3) is 0 Å². The number of pyridine rings is 1. The van der Waals surface area contributed by atoms with E-state index in [4.69, 9.17) is 5.11 Å². The minimum atomic E-state index is -1.04. The Hall–Kier alpha value is -1.89. The first-order valence-corrected chi connectivity index (χ1v) is 5.31. The first kappa shape index (κ1) is 10.6. The number of hydrogen-bond acceptors (Lipinski definition) is 6. The minimum absolute atomic E-state index is 0.0260. The molecule has 1 N–H and O–H groups in total. The molecule has 0 aliphatic rings. The van der Waals surface area contributed by atoms with E-state index in [2.05, 4.69) is 19.6 Å². The van der Waals surface area contributed by atoms with E-state index in [1.54, 1.807) is 6.07 Å². The maximum Gasteiger partial charge on any atom is 0.354 e. The van der Waals surface area contributed by atoms with Crippen LogP contribution < -0.4 is 0 Å². The molecular weight excluding hydrogens is 230 g/mol. The number of nitrogens with zero attached hydrogens (tertiary/aromatic N) is 3. The lowest BCUT2D eigenvalue weighted by Crippen LogP contribution is -1.99. The minimum Gasteiger partial charge on any atom is -0.477 e. The summed E-state index contributed by atoms with van der Waals surface area (Å²) in [7, 11) is 0. The lowest BCUT2D eigenvalue weighted by atomic mass is 10.3. The normalized spacial score (nSPS) is 10.2. The van der Waals surface area contributed by atoms with Crippen LogP contribution >= 0.6 is 11.8 Å². The molecule has 0 bridgehead atoms. The van der Waals surface area contributed by atoms with Crippen LogP contribution in [0.15, 0.2) is 34.1 Å². The van der Waals surface area contributed by atoms with Gasteiger partial charge in [0.25, 0.3) is 0 Å². The van der Waals surface area contributed by atoms with Crippen molar-refractivity contribution in [1.82, 2.24) is 15.1 Å². The third kappa shape index (κ3) is 2.57. The van der Waals surface area contributed by atoms with Gasteiger partial charge in [0.05, 0.1) is 5.75 Å². The molecule has 0 fully saturated rings. The molecule has 0 aromatic carbocycles. The molecule has 2 rings (SSSR count). The third-order valence-electron chi connectivity index (χ3n) is 1.73. The Morgan fingerprint density at radius 3 is 3.06 bits per heavy atom. The number of carbonyl (C=O) groups is 1. The fourth-order valence-corrected chi connectivity index (χ4v) is 1.80. The molecular formula is C9H7N3O3S. The Morgan fingerprint density at radius 2 is 2.38 bits per heavy atom. The van der Waals surface area contributed by atoms with E-state index in [-0.39, 0.29) is 5.69 Å². The van der Waals surface area contributed by atoms with Crippen LogP contribution in [0.3, 0.4) is 0 Å². The molecule has 82 valence electrons. The van der Waals surface area contributed by atoms with Gasteiger partial charge in [0, 0.05) is 11.1 Å². The highest BCUT2D eigenvalue weighted by Crippen LogP contribution is 2.21. The highest BCUT2D eigenvalue weighted by Gasteiger charge is 2.06. The van der Waals surface area contributed by atoms with Crippen molar-refractivity contribution in [1.29, 1.82) is 0 Å². The second kappa shape index (κ2) is 4.75. The van der Waals surface area contributed by atoms with Crippen LogP contribution in [0, 0.1) is 0 Å². The van der Waals surface area contributed by atoms with E-state index < -0.39 is 5.97 Å². The van der Waals surface area contributed by atoms with Crippen molar-refractivity contribution in [2.24, 2.45) is 0 Å². The molecule has 0 saturated heterocycles. The average molecular weight is 237 g/mol. The highest BCUT2D eigenvalue weighted by molar-refractivity contribution is 7.98. The molecule has 0 unspecified atom stereocenters. The van der Waals surface area contributed by atoms with Crippen molar-refractivity contribution in [3.8, 4) is 0 Å². The number of aromatic nitrogens is 3. The van der Waals surface area contributed by atoms with Gasteiger partial charge in [0.15, 0.2) is 5.82 Å². The van der Waals surface area contributed by atoms with Gasteiger partial charge < -0.3 is 9.63 Å². The van der Waals surface area contributed by atoms with Crippen LogP contribution in [-0.2, 0) is 5.75 Å². The molecule has 0 aliphatic heterocycles. The molecule has 0 radical (unpaired) electrons. The summed E-state index contributed by atoms with van der Waals surface area (Å²) in [5.41, 5.74) is 0.0260. The van der Waals surface area contributed by atoms with Crippen LogP contribution in [0.1, 0.15) is 16.3 Å². The third-order valence-corrected chi connectivity index (χ3v) is 2.72. The van der Waals surface area contributed by atoms with Crippen molar-refractivity contribution in [3.05, 3.63) is 36.2 Å². The summed E-state index contributed by atoms with van der Waals surface area (Å²) >= 11 is 1.42. The Labute approximate surface area is 94.7 Å². The van der Waals surface area contributed by atoms with Gasteiger partial charge in [-0.05, 0) is 12.1 Å². The van der Waals surface area contributed by atoms with Crippen molar-refractivity contribution >= 4 is 17.7 Å². The first-order chi connectivity index (χ1) is 7.75. The summed E-state index contributed by atoms with van der Waals surface area (Å²) in [6, 6.07) is 3.24. The monoisotopic (exact) mass is 237 g/mol. The second-order valence-corrected chi connectivity index (χ2v) is 3.87. The van der Waals surface area contributed by atoms with Gasteiger partial charge >= 0.3 is 5.97 Å². The lowest BCUT2D eigenvalue weighted by Gasteiger charge is -1.99. The molecule has 0 amide bonds. The molecule has 0 aliphatic carbocycles. The summed E-state index contributed by atoms with van der Waals surface area (Å²) in [6.07, 6.45) is 2.72. The van der Waals surface area contributed by atoms with Gasteiger partial charge in [-0.1, -0.05) is 5.16 Å². The molecule has 16 heavy (non-hydrogen) atoms. The molecule has 6 nitrogen and oxygen atoms in total. The van der Waals surface area contributed by atoms with Crippen LogP contribution in [0.2, 0.25) is 0 Å².